The van der Waals surface area contributed by atoms with Crippen molar-refractivity contribution in [2.45, 2.75) is 30.6 Å². The van der Waals surface area contributed by atoms with Gasteiger partial charge in [-0.3, -0.25) is 0 Å². The van der Waals surface area contributed by atoms with Crippen LogP contribution in [0.15, 0.2) is 48.5 Å². The summed E-state index contributed by atoms with van der Waals surface area (Å²) in [6.07, 6.45) is 3.01. The van der Waals surface area contributed by atoms with Gasteiger partial charge in [-0.05, 0) is 48.1 Å². The minimum atomic E-state index is -3.03. The van der Waals surface area contributed by atoms with Crippen LogP contribution >= 0.6 is 0 Å². The number of hydrogen-bond donors (Lipinski definition) is 1. The van der Waals surface area contributed by atoms with Gasteiger partial charge >= 0.3 is 0 Å². The number of rotatable bonds is 5. The van der Waals surface area contributed by atoms with E-state index in [2.05, 4.69) is 5.32 Å². The van der Waals surface area contributed by atoms with E-state index in [1.807, 2.05) is 36.4 Å². The Bertz CT molecular complexity index is 798. The maximum Gasteiger partial charge on any atom is 0.151 e. The number of anilines is 1. The van der Waals surface area contributed by atoms with Gasteiger partial charge in [-0.15, -0.1) is 0 Å². The Balaban J connectivity index is 1.60. The van der Waals surface area contributed by atoms with E-state index in [9.17, 15) is 12.8 Å². The van der Waals surface area contributed by atoms with Crippen LogP contribution in [0.5, 0.6) is 0 Å². The molecule has 3 rings (SSSR count). The van der Waals surface area contributed by atoms with Crippen LogP contribution in [-0.2, 0) is 15.6 Å². The predicted molar refractivity (Wildman–Crippen MR) is 90.8 cm³/mol. The summed E-state index contributed by atoms with van der Waals surface area (Å²) in [4.78, 5) is 0. The number of sulfone groups is 1. The van der Waals surface area contributed by atoms with Crippen molar-refractivity contribution in [2.75, 3.05) is 11.6 Å². The average Bonchev–Trinajstić information content (AvgIpc) is 2.42. The van der Waals surface area contributed by atoms with E-state index in [0.717, 1.165) is 29.7 Å². The first-order valence-corrected chi connectivity index (χ1v) is 9.74. The maximum absolute atomic E-state index is 13.7. The molecule has 0 aromatic heterocycles. The zero-order valence-electron chi connectivity index (χ0n) is 13.0. The second-order valence-electron chi connectivity index (χ2n) is 6.30. The molecule has 1 saturated carbocycles. The van der Waals surface area contributed by atoms with Crippen molar-refractivity contribution in [1.29, 1.82) is 0 Å². The van der Waals surface area contributed by atoms with E-state index in [1.54, 1.807) is 6.07 Å². The minimum absolute atomic E-state index is 0.0467. The first kappa shape index (κ1) is 16.0. The molecule has 0 bridgehead atoms. The van der Waals surface area contributed by atoms with E-state index in [0.29, 0.717) is 6.04 Å². The fraction of sp³-hybridized carbons (Fsp3) is 0.333. The molecule has 122 valence electrons. The molecule has 0 atom stereocenters. The monoisotopic (exact) mass is 333 g/mol. The molecule has 0 radical (unpaired) electrons. The Hall–Kier alpha value is -1.88. The van der Waals surface area contributed by atoms with Gasteiger partial charge in [0.1, 0.15) is 5.82 Å². The van der Waals surface area contributed by atoms with E-state index in [4.69, 9.17) is 0 Å². The molecule has 1 aliphatic carbocycles. The smallest absolute Gasteiger partial charge is 0.151 e. The summed E-state index contributed by atoms with van der Waals surface area (Å²) in [5, 5.41) is 3.41. The average molecular weight is 333 g/mol. The summed E-state index contributed by atoms with van der Waals surface area (Å²) >= 11 is 0. The highest BCUT2D eigenvalue weighted by Crippen LogP contribution is 2.39. The van der Waals surface area contributed by atoms with Crippen molar-refractivity contribution in [2.24, 2.45) is 0 Å². The summed E-state index contributed by atoms with van der Waals surface area (Å²) in [5.41, 5.74) is 2.49. The van der Waals surface area contributed by atoms with E-state index in [-0.39, 0.29) is 17.5 Å². The molecule has 1 fully saturated rings. The van der Waals surface area contributed by atoms with Crippen LogP contribution in [0, 0.1) is 5.82 Å². The molecule has 0 heterocycles. The molecule has 0 aliphatic heterocycles. The van der Waals surface area contributed by atoms with Gasteiger partial charge in [0, 0.05) is 18.0 Å². The SMILES string of the molecule is CS(=O)(=O)Cc1cccc(NC2CC(c3ccccc3F)C2)c1. The molecule has 1 aliphatic rings. The van der Waals surface area contributed by atoms with Crippen LogP contribution in [0.25, 0.3) is 0 Å². The van der Waals surface area contributed by atoms with Crippen molar-refractivity contribution in [1.82, 2.24) is 0 Å². The lowest BCUT2D eigenvalue weighted by molar-refractivity contribution is 0.363. The van der Waals surface area contributed by atoms with E-state index >= 15 is 0 Å². The minimum Gasteiger partial charge on any atom is -0.382 e. The van der Waals surface area contributed by atoms with Gasteiger partial charge in [0.2, 0.25) is 0 Å². The van der Waals surface area contributed by atoms with Gasteiger partial charge in [0.15, 0.2) is 9.84 Å². The number of nitrogens with one attached hydrogen (secondary N) is 1. The second kappa shape index (κ2) is 6.32. The molecule has 3 nitrogen and oxygen atoms in total. The fourth-order valence-electron chi connectivity index (χ4n) is 3.09. The summed E-state index contributed by atoms with van der Waals surface area (Å²) in [5.74, 6) is 0.171. The Kier molecular flexibility index (Phi) is 4.39. The van der Waals surface area contributed by atoms with Gasteiger partial charge in [-0.25, -0.2) is 12.8 Å². The van der Waals surface area contributed by atoms with Crippen LogP contribution in [0.3, 0.4) is 0 Å². The number of halogens is 1. The lowest BCUT2D eigenvalue weighted by Gasteiger charge is -2.37. The Morgan fingerprint density at radius 3 is 2.57 bits per heavy atom. The van der Waals surface area contributed by atoms with Gasteiger partial charge in [0.25, 0.3) is 0 Å². The summed E-state index contributed by atoms with van der Waals surface area (Å²) in [6, 6.07) is 14.7. The van der Waals surface area contributed by atoms with Crippen LogP contribution in [0.1, 0.15) is 29.9 Å². The third-order valence-corrected chi connectivity index (χ3v) is 5.07. The molecule has 0 unspecified atom stereocenters. The van der Waals surface area contributed by atoms with Gasteiger partial charge in [-0.2, -0.15) is 0 Å². The summed E-state index contributed by atoms with van der Waals surface area (Å²) in [7, 11) is -3.03. The van der Waals surface area contributed by atoms with Crippen molar-refractivity contribution < 1.29 is 12.8 Å². The van der Waals surface area contributed by atoms with Gasteiger partial charge < -0.3 is 5.32 Å². The van der Waals surface area contributed by atoms with Crippen LogP contribution < -0.4 is 5.32 Å². The predicted octanol–water partition coefficient (Wildman–Crippen LogP) is 3.73. The van der Waals surface area contributed by atoms with Crippen molar-refractivity contribution >= 4 is 15.5 Å². The van der Waals surface area contributed by atoms with Crippen LogP contribution in [-0.4, -0.2) is 20.7 Å². The number of hydrogen-bond acceptors (Lipinski definition) is 3. The molecular weight excluding hydrogens is 313 g/mol. The third-order valence-electron chi connectivity index (χ3n) is 4.21. The first-order chi connectivity index (χ1) is 10.9. The van der Waals surface area contributed by atoms with E-state index < -0.39 is 9.84 Å². The topological polar surface area (TPSA) is 46.2 Å². The first-order valence-electron chi connectivity index (χ1n) is 7.68. The highest BCUT2D eigenvalue weighted by molar-refractivity contribution is 7.89. The zero-order chi connectivity index (χ0) is 16.4. The molecular formula is C18H20FNO2S. The summed E-state index contributed by atoms with van der Waals surface area (Å²) in [6.45, 7) is 0. The maximum atomic E-state index is 13.7. The summed E-state index contributed by atoms with van der Waals surface area (Å²) < 4.78 is 36.5. The second-order valence-corrected chi connectivity index (χ2v) is 8.44. The Labute approximate surface area is 136 Å². The molecule has 23 heavy (non-hydrogen) atoms. The van der Waals surface area contributed by atoms with Crippen molar-refractivity contribution in [3.63, 3.8) is 0 Å². The van der Waals surface area contributed by atoms with Crippen LogP contribution in [0.2, 0.25) is 0 Å². The molecule has 0 saturated heterocycles. The molecule has 5 heteroatoms. The van der Waals surface area contributed by atoms with Crippen molar-refractivity contribution in [3.05, 3.63) is 65.5 Å². The highest BCUT2D eigenvalue weighted by atomic mass is 32.2. The molecule has 0 amide bonds. The largest absolute Gasteiger partial charge is 0.382 e. The lowest BCUT2D eigenvalue weighted by Crippen LogP contribution is -2.34. The Morgan fingerprint density at radius 1 is 1.13 bits per heavy atom. The molecule has 1 N–H and O–H groups in total. The van der Waals surface area contributed by atoms with Crippen molar-refractivity contribution in [3.8, 4) is 0 Å². The Morgan fingerprint density at radius 2 is 1.87 bits per heavy atom. The standard InChI is InChI=1S/C18H20FNO2S/c1-23(21,22)12-13-5-4-6-15(9-13)20-16-10-14(11-16)17-7-2-3-8-18(17)19/h2-9,14,16,20H,10-12H2,1H3. The quantitative estimate of drug-likeness (QED) is 0.907. The highest BCUT2D eigenvalue weighted by Gasteiger charge is 2.31. The van der Waals surface area contributed by atoms with E-state index in [1.165, 1.54) is 12.3 Å². The lowest BCUT2D eigenvalue weighted by atomic mass is 9.75. The molecule has 2 aromatic rings. The molecule has 0 spiro atoms. The normalized spacial score (nSPS) is 20.8. The third kappa shape index (κ3) is 4.10. The fourth-order valence-corrected chi connectivity index (χ4v) is 3.87. The van der Waals surface area contributed by atoms with Gasteiger partial charge in [0.05, 0.1) is 5.75 Å². The van der Waals surface area contributed by atoms with Crippen LogP contribution in [0.4, 0.5) is 10.1 Å². The van der Waals surface area contributed by atoms with Gasteiger partial charge in [-0.1, -0.05) is 30.3 Å². The zero-order valence-corrected chi connectivity index (χ0v) is 13.8. The molecule has 2 aromatic carbocycles. The number of benzene rings is 2.